The highest BCUT2D eigenvalue weighted by atomic mass is 79.9. The Morgan fingerprint density at radius 2 is 2.09 bits per heavy atom. The van der Waals surface area contributed by atoms with Gasteiger partial charge in [0.2, 0.25) is 10.0 Å². The molecule has 5 rings (SSSR count). The van der Waals surface area contributed by atoms with Gasteiger partial charge in [-0.15, -0.1) is 0 Å². The number of fused-ring (bicyclic) bond motifs is 4. The molecule has 1 heterocycles. The average molecular weight is 395 g/mol. The lowest BCUT2D eigenvalue weighted by Gasteiger charge is -2.24. The summed E-state index contributed by atoms with van der Waals surface area (Å²) in [5.41, 5.74) is 3.36. The largest absolute Gasteiger partial charge is 0.354 e. The molecule has 0 atom stereocenters. The maximum atomic E-state index is 12.2. The van der Waals surface area contributed by atoms with Crippen LogP contribution in [0.4, 0.5) is 5.82 Å². The second-order valence-corrected chi connectivity index (χ2v) is 9.71. The number of sulfonamides is 1. The van der Waals surface area contributed by atoms with Crippen LogP contribution >= 0.6 is 15.9 Å². The van der Waals surface area contributed by atoms with Gasteiger partial charge in [-0.25, -0.2) is 8.42 Å². The van der Waals surface area contributed by atoms with Crippen LogP contribution < -0.4 is 4.72 Å². The smallest absolute Gasteiger partial charge is 0.236 e. The highest BCUT2D eigenvalue weighted by Crippen LogP contribution is 2.58. The Morgan fingerprint density at radius 1 is 1.30 bits per heavy atom. The highest BCUT2D eigenvalue weighted by Gasteiger charge is 2.50. The van der Waals surface area contributed by atoms with Gasteiger partial charge in [0, 0.05) is 21.0 Å². The number of nitrogens with zero attached hydrogens (tertiary/aromatic N) is 1. The van der Waals surface area contributed by atoms with Gasteiger partial charge in [-0.05, 0) is 49.8 Å². The molecule has 2 aromatic rings. The van der Waals surface area contributed by atoms with Crippen LogP contribution in [0.25, 0.3) is 11.3 Å². The number of aromatic nitrogens is 1. The van der Waals surface area contributed by atoms with Crippen molar-refractivity contribution in [3.63, 3.8) is 0 Å². The van der Waals surface area contributed by atoms with Crippen molar-refractivity contribution in [1.82, 2.24) is 5.16 Å². The van der Waals surface area contributed by atoms with Gasteiger partial charge in [-0.2, -0.15) is 0 Å². The van der Waals surface area contributed by atoms with Crippen LogP contribution in [-0.4, -0.2) is 18.8 Å². The molecule has 1 aromatic carbocycles. The Morgan fingerprint density at radius 3 is 2.78 bits per heavy atom. The monoisotopic (exact) mass is 394 g/mol. The second kappa shape index (κ2) is 4.39. The minimum atomic E-state index is -3.33. The minimum absolute atomic E-state index is 0.133. The van der Waals surface area contributed by atoms with Crippen LogP contribution in [0.2, 0.25) is 0 Å². The van der Waals surface area contributed by atoms with Gasteiger partial charge in [0.05, 0.1) is 5.25 Å². The topological polar surface area (TPSA) is 72.2 Å². The predicted molar refractivity (Wildman–Crippen MR) is 89.8 cm³/mol. The van der Waals surface area contributed by atoms with Gasteiger partial charge in [0.1, 0.15) is 0 Å². The molecule has 1 spiro atoms. The second-order valence-electron chi connectivity index (χ2n) is 6.83. The molecule has 3 aliphatic rings. The van der Waals surface area contributed by atoms with Crippen molar-refractivity contribution in [3.05, 3.63) is 33.8 Å². The number of hydrogen-bond donors (Lipinski definition) is 1. The summed E-state index contributed by atoms with van der Waals surface area (Å²) in [6.45, 7) is 0. The third kappa shape index (κ3) is 2.09. The van der Waals surface area contributed by atoms with E-state index in [4.69, 9.17) is 4.52 Å². The Labute approximate surface area is 142 Å². The number of halogens is 1. The maximum absolute atomic E-state index is 12.2. The summed E-state index contributed by atoms with van der Waals surface area (Å²) < 4.78 is 33.6. The first-order chi connectivity index (χ1) is 11.0. The van der Waals surface area contributed by atoms with E-state index < -0.39 is 10.0 Å². The molecule has 1 N–H and O–H groups in total. The predicted octanol–water partition coefficient (Wildman–Crippen LogP) is 3.60. The third-order valence-corrected chi connectivity index (χ3v) is 7.48. The van der Waals surface area contributed by atoms with Crippen LogP contribution in [0.3, 0.4) is 0 Å². The molecule has 0 amide bonds. The quantitative estimate of drug-likeness (QED) is 0.862. The number of benzene rings is 1. The SMILES string of the molecule is O=S(=O)(Nc1noc2c1CC1(CC1)c1ccc(Br)cc1-2)C1CC1. The van der Waals surface area contributed by atoms with Gasteiger partial charge in [0.25, 0.3) is 0 Å². The molecule has 7 heteroatoms. The lowest BCUT2D eigenvalue weighted by Crippen LogP contribution is -2.21. The van der Waals surface area contributed by atoms with E-state index in [1.807, 2.05) is 6.07 Å². The first-order valence-electron chi connectivity index (χ1n) is 7.79. The summed E-state index contributed by atoms with van der Waals surface area (Å²) in [6.07, 6.45) is 4.51. The zero-order valence-electron chi connectivity index (χ0n) is 12.3. The molecule has 1 aromatic heterocycles. The zero-order valence-corrected chi connectivity index (χ0v) is 14.7. The van der Waals surface area contributed by atoms with Crippen LogP contribution in [0.5, 0.6) is 0 Å². The molecule has 0 unspecified atom stereocenters. The van der Waals surface area contributed by atoms with Crippen molar-refractivity contribution in [2.45, 2.75) is 42.8 Å². The normalized spacial score (nSPS) is 20.9. The molecule has 0 aliphatic heterocycles. The molecule has 23 heavy (non-hydrogen) atoms. The Hall–Kier alpha value is -1.34. The molecule has 0 bridgehead atoms. The fourth-order valence-corrected chi connectivity index (χ4v) is 5.27. The standard InChI is InChI=1S/C16H15BrN2O3S/c17-9-1-4-13-11(7-9)14-12(8-16(13)5-6-16)15(18-22-14)19-23(20,21)10-2-3-10/h1,4,7,10H,2-3,5-6,8H2,(H,18,19). The van der Waals surface area contributed by atoms with Crippen LogP contribution in [0.15, 0.2) is 27.2 Å². The lowest BCUT2D eigenvalue weighted by atomic mass is 9.79. The first kappa shape index (κ1) is 14.0. The van der Waals surface area contributed by atoms with E-state index in [0.29, 0.717) is 11.6 Å². The van der Waals surface area contributed by atoms with Crippen molar-refractivity contribution in [2.75, 3.05) is 4.72 Å². The summed E-state index contributed by atoms with van der Waals surface area (Å²) in [5.74, 6) is 1.08. The molecule has 2 saturated carbocycles. The van der Waals surface area contributed by atoms with Gasteiger partial charge in [-0.1, -0.05) is 27.2 Å². The minimum Gasteiger partial charge on any atom is -0.354 e. The fraction of sp³-hybridized carbons (Fsp3) is 0.438. The summed E-state index contributed by atoms with van der Waals surface area (Å²) in [7, 11) is -3.33. The molecular weight excluding hydrogens is 380 g/mol. The van der Waals surface area contributed by atoms with Crippen LogP contribution in [0.1, 0.15) is 36.8 Å². The summed E-state index contributed by atoms with van der Waals surface area (Å²) in [6, 6.07) is 6.24. The fourth-order valence-electron chi connectivity index (χ4n) is 3.56. The van der Waals surface area contributed by atoms with E-state index in [9.17, 15) is 8.42 Å². The van der Waals surface area contributed by atoms with E-state index in [0.717, 1.165) is 47.7 Å². The highest BCUT2D eigenvalue weighted by molar-refractivity contribution is 9.10. The Balaban J connectivity index is 1.63. The van der Waals surface area contributed by atoms with E-state index >= 15 is 0 Å². The molecule has 2 fully saturated rings. The molecular formula is C16H15BrN2O3S. The Bertz CT molecular complexity index is 927. The summed E-state index contributed by atoms with van der Waals surface area (Å²) >= 11 is 3.51. The van der Waals surface area contributed by atoms with E-state index in [-0.39, 0.29) is 10.7 Å². The number of hydrogen-bond acceptors (Lipinski definition) is 4. The van der Waals surface area contributed by atoms with E-state index in [1.54, 1.807) is 0 Å². The molecule has 3 aliphatic carbocycles. The van der Waals surface area contributed by atoms with Gasteiger partial charge in [0.15, 0.2) is 11.6 Å². The van der Waals surface area contributed by atoms with E-state index in [2.05, 4.69) is 37.9 Å². The van der Waals surface area contributed by atoms with Crippen molar-refractivity contribution in [2.24, 2.45) is 0 Å². The lowest BCUT2D eigenvalue weighted by molar-refractivity contribution is 0.431. The molecule has 5 nitrogen and oxygen atoms in total. The van der Waals surface area contributed by atoms with Crippen molar-refractivity contribution in [3.8, 4) is 11.3 Å². The van der Waals surface area contributed by atoms with E-state index in [1.165, 1.54) is 5.56 Å². The van der Waals surface area contributed by atoms with Crippen molar-refractivity contribution < 1.29 is 12.9 Å². The van der Waals surface area contributed by atoms with Crippen molar-refractivity contribution in [1.29, 1.82) is 0 Å². The average Bonchev–Trinajstić information content (AvgIpc) is 3.39. The van der Waals surface area contributed by atoms with Gasteiger partial charge < -0.3 is 4.52 Å². The number of anilines is 1. The summed E-state index contributed by atoms with van der Waals surface area (Å²) in [4.78, 5) is 0. The zero-order chi connectivity index (χ0) is 15.8. The molecule has 120 valence electrons. The molecule has 0 saturated heterocycles. The van der Waals surface area contributed by atoms with Crippen molar-refractivity contribution >= 4 is 31.8 Å². The van der Waals surface area contributed by atoms with Gasteiger partial charge in [-0.3, -0.25) is 4.72 Å². The summed E-state index contributed by atoms with van der Waals surface area (Å²) in [5, 5.41) is 3.77. The third-order valence-electron chi connectivity index (χ3n) is 5.16. The number of rotatable bonds is 3. The molecule has 0 radical (unpaired) electrons. The number of nitrogens with one attached hydrogen (secondary N) is 1. The van der Waals surface area contributed by atoms with Crippen LogP contribution in [0, 0.1) is 0 Å². The van der Waals surface area contributed by atoms with Gasteiger partial charge >= 0.3 is 0 Å². The van der Waals surface area contributed by atoms with Crippen LogP contribution in [-0.2, 0) is 21.9 Å². The Kier molecular flexibility index (Phi) is 2.68. The first-order valence-corrected chi connectivity index (χ1v) is 10.1. The maximum Gasteiger partial charge on any atom is 0.236 e.